The van der Waals surface area contributed by atoms with Crippen LogP contribution in [-0.2, 0) is 37.3 Å². The first-order valence-corrected chi connectivity index (χ1v) is 20.3. The van der Waals surface area contributed by atoms with Crippen LogP contribution in [0, 0.1) is 27.7 Å². The summed E-state index contributed by atoms with van der Waals surface area (Å²) in [5.74, 6) is 1.47. The second kappa shape index (κ2) is 11.7. The standard InChI is InChI=1S/C48H53N3O2S/c1-28-22-31(4)42-37(23-28)47(12)48(13,46(42,10)11)53-43(50-47)34-27-40(30(3)24-29(34)2)54(52)33-18-19-36-39(26-33)51(38-17-15-14-16-35(38)45(36,8)9)41-25-32(20-21-49-41)44(5,6)7/h14-27H,1-13H3/t47-,48+,54?/m1/s1. The van der Waals surface area contributed by atoms with Gasteiger partial charge < -0.3 is 4.74 Å². The highest BCUT2D eigenvalue weighted by Crippen LogP contribution is 2.63. The van der Waals surface area contributed by atoms with Gasteiger partial charge >= 0.3 is 0 Å². The van der Waals surface area contributed by atoms with Crippen molar-refractivity contribution in [1.82, 2.24) is 4.98 Å². The monoisotopic (exact) mass is 735 g/mol. The first kappa shape index (κ1) is 36.4. The van der Waals surface area contributed by atoms with Crippen molar-refractivity contribution in [3.63, 3.8) is 0 Å². The number of aryl methyl sites for hydroxylation is 4. The van der Waals surface area contributed by atoms with Gasteiger partial charge in [0.05, 0.1) is 22.2 Å². The number of fused-ring (bicyclic) bond motifs is 5. The van der Waals surface area contributed by atoms with Gasteiger partial charge in [-0.15, -0.1) is 0 Å². The molecule has 6 heteroatoms. The van der Waals surface area contributed by atoms with Crippen molar-refractivity contribution in [2.24, 2.45) is 4.99 Å². The van der Waals surface area contributed by atoms with E-state index in [4.69, 9.17) is 14.7 Å². The van der Waals surface area contributed by atoms with Crippen LogP contribution >= 0.6 is 0 Å². The molecule has 5 aromatic rings. The van der Waals surface area contributed by atoms with Crippen LogP contribution in [0.25, 0.3) is 0 Å². The molecule has 5 nitrogen and oxygen atoms in total. The Kier molecular flexibility index (Phi) is 7.91. The summed E-state index contributed by atoms with van der Waals surface area (Å²) in [7, 11) is -1.49. The summed E-state index contributed by atoms with van der Waals surface area (Å²) in [6, 6.07) is 28.0. The molecule has 2 aliphatic heterocycles. The largest absolute Gasteiger partial charge is 0.467 e. The van der Waals surface area contributed by atoms with E-state index in [1.807, 2.05) is 12.3 Å². The summed E-state index contributed by atoms with van der Waals surface area (Å²) in [6.07, 6.45) is 1.90. The maximum absolute atomic E-state index is 14.9. The molecule has 0 saturated heterocycles. The lowest BCUT2D eigenvalue weighted by molar-refractivity contribution is -0.0137. The van der Waals surface area contributed by atoms with Gasteiger partial charge in [-0.2, -0.15) is 0 Å². The highest BCUT2D eigenvalue weighted by atomic mass is 32.2. The van der Waals surface area contributed by atoms with Gasteiger partial charge in [0.1, 0.15) is 17.0 Å². The zero-order valence-electron chi connectivity index (χ0n) is 34.1. The molecule has 1 aromatic heterocycles. The lowest BCUT2D eigenvalue weighted by Gasteiger charge is -2.42. The molecule has 0 saturated carbocycles. The fraction of sp³-hybridized carbons (Fsp3) is 0.375. The number of ether oxygens (including phenoxy) is 1. The van der Waals surface area contributed by atoms with Crippen molar-refractivity contribution in [2.75, 3.05) is 4.90 Å². The Morgan fingerprint density at radius 1 is 0.722 bits per heavy atom. The van der Waals surface area contributed by atoms with Crippen LogP contribution in [0.3, 0.4) is 0 Å². The van der Waals surface area contributed by atoms with Crippen LogP contribution in [-0.4, -0.2) is 20.7 Å². The Hall–Kier alpha value is -4.55. The first-order valence-electron chi connectivity index (χ1n) is 19.2. The molecular formula is C48H53N3O2S. The molecule has 0 radical (unpaired) electrons. The summed E-state index contributed by atoms with van der Waals surface area (Å²) in [6.45, 7) is 28.7. The Morgan fingerprint density at radius 2 is 1.43 bits per heavy atom. The molecule has 3 heterocycles. The lowest BCUT2D eigenvalue weighted by atomic mass is 9.70. The summed E-state index contributed by atoms with van der Waals surface area (Å²) in [5, 5.41) is 0. The highest BCUT2D eigenvalue weighted by Gasteiger charge is 2.68. The van der Waals surface area contributed by atoms with Crippen molar-refractivity contribution in [3.05, 3.63) is 141 Å². The number of anilines is 3. The van der Waals surface area contributed by atoms with E-state index in [1.165, 1.54) is 38.9 Å². The minimum absolute atomic E-state index is 0.0447. The van der Waals surface area contributed by atoms with Crippen molar-refractivity contribution in [3.8, 4) is 0 Å². The number of nitrogens with zero attached hydrogens (tertiary/aromatic N) is 3. The smallest absolute Gasteiger partial charge is 0.218 e. The molecule has 3 atom stereocenters. The van der Waals surface area contributed by atoms with Gasteiger partial charge in [0.15, 0.2) is 0 Å². The van der Waals surface area contributed by atoms with Crippen LogP contribution in [0.15, 0.2) is 99.8 Å². The van der Waals surface area contributed by atoms with Gasteiger partial charge in [0.2, 0.25) is 5.90 Å². The number of hydrogen-bond acceptors (Lipinski definition) is 5. The van der Waals surface area contributed by atoms with E-state index in [0.717, 1.165) is 43.7 Å². The van der Waals surface area contributed by atoms with Crippen LogP contribution in [0.5, 0.6) is 0 Å². The molecule has 0 spiro atoms. The van der Waals surface area contributed by atoms with E-state index in [1.54, 1.807) is 0 Å². The summed E-state index contributed by atoms with van der Waals surface area (Å²) >= 11 is 0. The molecule has 278 valence electrons. The van der Waals surface area contributed by atoms with Crippen LogP contribution in [0.4, 0.5) is 17.2 Å². The van der Waals surface area contributed by atoms with Crippen molar-refractivity contribution >= 4 is 33.9 Å². The Labute approximate surface area is 324 Å². The average molecular weight is 736 g/mol. The van der Waals surface area contributed by atoms with Gasteiger partial charge in [-0.25, -0.2) is 14.2 Å². The molecule has 4 aromatic carbocycles. The Balaban J connectivity index is 1.24. The van der Waals surface area contributed by atoms with Crippen LogP contribution < -0.4 is 4.90 Å². The molecule has 54 heavy (non-hydrogen) atoms. The van der Waals surface area contributed by atoms with Gasteiger partial charge in [-0.05, 0) is 128 Å². The van der Waals surface area contributed by atoms with Gasteiger partial charge in [-0.3, -0.25) is 4.90 Å². The van der Waals surface area contributed by atoms with Crippen LogP contribution in [0.1, 0.15) is 118 Å². The maximum atomic E-state index is 14.9. The fourth-order valence-electron chi connectivity index (χ4n) is 9.67. The Bertz CT molecular complexity index is 2470. The number of rotatable bonds is 4. The molecule has 0 N–H and O–H groups in total. The zero-order valence-corrected chi connectivity index (χ0v) is 35.0. The molecule has 3 aliphatic rings. The molecule has 0 amide bonds. The van der Waals surface area contributed by atoms with Crippen LogP contribution in [0.2, 0.25) is 0 Å². The third-order valence-electron chi connectivity index (χ3n) is 13.1. The number of pyridine rings is 1. The van der Waals surface area contributed by atoms with Crippen molar-refractivity contribution in [2.45, 2.75) is 127 Å². The van der Waals surface area contributed by atoms with E-state index in [0.29, 0.717) is 5.90 Å². The average Bonchev–Trinajstić information content (AvgIpc) is 3.45. The number of aliphatic imine (C=N–C) groups is 1. The molecule has 1 unspecified atom stereocenters. The summed E-state index contributed by atoms with van der Waals surface area (Å²) in [5.41, 5.74) is 11.9. The van der Waals surface area contributed by atoms with Crippen molar-refractivity contribution in [1.29, 1.82) is 0 Å². The zero-order chi connectivity index (χ0) is 38.9. The summed E-state index contributed by atoms with van der Waals surface area (Å²) < 4.78 is 22.0. The number of para-hydroxylation sites is 1. The number of benzene rings is 4. The second-order valence-corrected chi connectivity index (χ2v) is 19.7. The molecular weight excluding hydrogens is 683 g/mol. The van der Waals surface area contributed by atoms with Crippen molar-refractivity contribution < 1.29 is 8.95 Å². The Morgan fingerprint density at radius 3 is 2.15 bits per heavy atom. The fourth-order valence-corrected chi connectivity index (χ4v) is 10.9. The maximum Gasteiger partial charge on any atom is 0.218 e. The summed E-state index contributed by atoms with van der Waals surface area (Å²) in [4.78, 5) is 14.1. The first-order chi connectivity index (χ1) is 25.2. The van der Waals surface area contributed by atoms with E-state index >= 15 is 0 Å². The predicted octanol–water partition coefficient (Wildman–Crippen LogP) is 11.6. The third-order valence-corrected chi connectivity index (χ3v) is 14.6. The molecule has 0 bridgehead atoms. The van der Waals surface area contributed by atoms with Gasteiger partial charge in [-0.1, -0.05) is 96.5 Å². The number of aromatic nitrogens is 1. The topological polar surface area (TPSA) is 54.8 Å². The second-order valence-electron chi connectivity index (χ2n) is 18.3. The van der Waals surface area contributed by atoms with Gasteiger partial charge in [0, 0.05) is 32.4 Å². The SMILES string of the molecule is Cc1cc(C)c2c(c1)[C@@]1(C)N=C(c3cc(S(=O)c4ccc5c(c4)N(c4cc(C(C)(C)C)ccn4)c4ccccc4C5(C)C)c(C)cc3C)O[C@@]1(C)C2(C)C. The molecule has 8 rings (SSSR count). The third kappa shape index (κ3) is 4.98. The van der Waals surface area contributed by atoms with E-state index in [9.17, 15) is 4.21 Å². The van der Waals surface area contributed by atoms with E-state index in [2.05, 4.69) is 168 Å². The highest BCUT2D eigenvalue weighted by molar-refractivity contribution is 7.85. The number of hydrogen-bond donors (Lipinski definition) is 0. The van der Waals surface area contributed by atoms with E-state index < -0.39 is 21.9 Å². The lowest BCUT2D eigenvalue weighted by Crippen LogP contribution is -2.51. The van der Waals surface area contributed by atoms with Gasteiger partial charge in [0.25, 0.3) is 0 Å². The quantitative estimate of drug-likeness (QED) is 0.184. The minimum Gasteiger partial charge on any atom is -0.467 e. The minimum atomic E-state index is -1.49. The predicted molar refractivity (Wildman–Crippen MR) is 223 cm³/mol. The van der Waals surface area contributed by atoms with E-state index in [-0.39, 0.29) is 16.2 Å². The molecule has 1 aliphatic carbocycles. The normalized spacial score (nSPS) is 22.5. The molecule has 0 fully saturated rings.